The number of aromatic hydroxyl groups is 1. The summed E-state index contributed by atoms with van der Waals surface area (Å²) >= 11 is 1.25. The molecule has 7 nitrogen and oxygen atoms in total. The molecule has 1 aliphatic heterocycles. The molecule has 3 N–H and O–H groups in total. The zero-order chi connectivity index (χ0) is 26.0. The fourth-order valence-electron chi connectivity index (χ4n) is 4.93. The van der Waals surface area contributed by atoms with Crippen LogP contribution in [-0.4, -0.2) is 29.7 Å². The van der Waals surface area contributed by atoms with Gasteiger partial charge in [-0.3, -0.25) is 9.59 Å². The fourth-order valence-corrected chi connectivity index (χ4v) is 5.80. The number of nitrogens with zero attached hydrogens (tertiary/aromatic N) is 1. The summed E-state index contributed by atoms with van der Waals surface area (Å²) in [6.07, 6.45) is 1.83. The number of nitrogens with one attached hydrogen (secondary N) is 2. The third kappa shape index (κ3) is 4.98. The van der Waals surface area contributed by atoms with E-state index < -0.39 is 5.92 Å². The molecule has 1 amide bonds. The minimum Gasteiger partial charge on any atom is -0.504 e. The van der Waals surface area contributed by atoms with E-state index in [4.69, 9.17) is 4.74 Å². The number of allylic oxidation sites excluding steroid dienone is 3. The zero-order valence-electron chi connectivity index (χ0n) is 20.8. The van der Waals surface area contributed by atoms with Crippen molar-refractivity contribution in [2.24, 2.45) is 0 Å². The van der Waals surface area contributed by atoms with E-state index >= 15 is 0 Å². The third-order valence-corrected chi connectivity index (χ3v) is 7.51. The molecule has 0 spiro atoms. The van der Waals surface area contributed by atoms with Gasteiger partial charge in [-0.1, -0.05) is 35.5 Å². The van der Waals surface area contributed by atoms with Crippen LogP contribution in [0.25, 0.3) is 0 Å². The maximum Gasteiger partial charge on any atom is 0.234 e. The average molecular weight is 504 g/mol. The molecule has 1 atom stereocenters. The first-order chi connectivity index (χ1) is 17.2. The van der Waals surface area contributed by atoms with Crippen molar-refractivity contribution in [3.05, 3.63) is 74.5 Å². The van der Waals surface area contributed by atoms with Crippen molar-refractivity contribution in [2.45, 2.75) is 46.0 Å². The minimum absolute atomic E-state index is 0.000608. The number of phenolic OH excluding ortho intramolecular Hbond substituents is 1. The Kier molecular flexibility index (Phi) is 7.41. The van der Waals surface area contributed by atoms with Gasteiger partial charge in [-0.25, -0.2) is 0 Å². The lowest BCUT2D eigenvalue weighted by atomic mass is 9.77. The zero-order valence-corrected chi connectivity index (χ0v) is 21.6. The van der Waals surface area contributed by atoms with Crippen LogP contribution in [-0.2, 0) is 9.59 Å². The number of rotatable bonds is 6. The van der Waals surface area contributed by atoms with Gasteiger partial charge < -0.3 is 20.5 Å². The fraction of sp³-hybridized carbons (Fsp3) is 0.321. The molecule has 186 valence electrons. The number of Topliss-reactive ketones (excluding diaryl/α,β-unsaturated/α-hetero) is 1. The molecule has 4 rings (SSSR count). The summed E-state index contributed by atoms with van der Waals surface area (Å²) in [5.74, 6) is -0.422. The van der Waals surface area contributed by atoms with Crippen molar-refractivity contribution >= 4 is 29.1 Å². The molecule has 2 aliphatic rings. The first-order valence-electron chi connectivity index (χ1n) is 11.8. The molecule has 8 heteroatoms. The van der Waals surface area contributed by atoms with Gasteiger partial charge in [0, 0.05) is 23.4 Å². The van der Waals surface area contributed by atoms with Gasteiger partial charge in [-0.05, 0) is 62.4 Å². The van der Waals surface area contributed by atoms with Crippen molar-refractivity contribution in [3.63, 3.8) is 0 Å². The van der Waals surface area contributed by atoms with Gasteiger partial charge in [-0.2, -0.15) is 5.26 Å². The SMILES string of the molecule is COc1cc(C2C(C#N)=C(SCC(=O)Nc3c(C)cc(C)cc3C)NC3=C2C(=O)CCC3)ccc1O. The highest BCUT2D eigenvalue weighted by atomic mass is 32.2. The third-order valence-electron chi connectivity index (χ3n) is 6.49. The summed E-state index contributed by atoms with van der Waals surface area (Å²) in [4.78, 5) is 25.8. The number of hydrogen-bond acceptors (Lipinski definition) is 7. The molecule has 0 aromatic heterocycles. The lowest BCUT2D eigenvalue weighted by molar-refractivity contribution is -0.116. The Balaban J connectivity index is 1.65. The Morgan fingerprint density at radius 1 is 1.22 bits per heavy atom. The summed E-state index contributed by atoms with van der Waals surface area (Å²) in [6, 6.07) is 11.2. The Bertz CT molecular complexity index is 1330. The molecule has 36 heavy (non-hydrogen) atoms. The second-order valence-corrected chi connectivity index (χ2v) is 10.1. The molecular formula is C28H29N3O4S. The average Bonchev–Trinajstić information content (AvgIpc) is 2.84. The number of ether oxygens (including phenoxy) is 1. The number of benzene rings is 2. The van der Waals surface area contributed by atoms with E-state index in [1.165, 1.54) is 24.9 Å². The predicted molar refractivity (Wildman–Crippen MR) is 141 cm³/mol. The van der Waals surface area contributed by atoms with E-state index in [0.717, 1.165) is 34.5 Å². The molecule has 2 aromatic rings. The van der Waals surface area contributed by atoms with Crippen LogP contribution in [0.1, 0.15) is 47.4 Å². The molecule has 0 fully saturated rings. The Hall–Kier alpha value is -3.70. The molecular weight excluding hydrogens is 474 g/mol. The summed E-state index contributed by atoms with van der Waals surface area (Å²) < 4.78 is 5.27. The normalized spacial score (nSPS) is 17.3. The van der Waals surface area contributed by atoms with Crippen molar-refractivity contribution in [1.29, 1.82) is 5.26 Å². The number of carbonyl (C=O) groups excluding carboxylic acids is 2. The Morgan fingerprint density at radius 2 is 1.94 bits per heavy atom. The minimum atomic E-state index is -0.597. The van der Waals surface area contributed by atoms with Gasteiger partial charge in [0.2, 0.25) is 5.91 Å². The maximum atomic E-state index is 13.0. The standard InChI is InChI=1S/C28H29N3O4S/c1-15-10-16(2)27(17(3)11-15)31-24(34)14-36-28-19(13-29)25(18-8-9-21(32)23(12-18)35-4)26-20(30-28)6-5-7-22(26)33/h8-12,25,30,32H,5-7,14H2,1-4H3,(H,31,34). The van der Waals surface area contributed by atoms with Gasteiger partial charge >= 0.3 is 0 Å². The Morgan fingerprint density at radius 3 is 2.61 bits per heavy atom. The number of nitriles is 1. The van der Waals surface area contributed by atoms with E-state index in [1.54, 1.807) is 12.1 Å². The van der Waals surface area contributed by atoms with Crippen molar-refractivity contribution in [2.75, 3.05) is 18.2 Å². The maximum absolute atomic E-state index is 13.0. The second kappa shape index (κ2) is 10.5. The van der Waals surface area contributed by atoms with E-state index in [0.29, 0.717) is 34.6 Å². The van der Waals surface area contributed by atoms with Gasteiger partial charge in [0.05, 0.1) is 35.5 Å². The summed E-state index contributed by atoms with van der Waals surface area (Å²) in [5.41, 5.74) is 6.34. The van der Waals surface area contributed by atoms with Crippen LogP contribution in [0.3, 0.4) is 0 Å². The highest BCUT2D eigenvalue weighted by molar-refractivity contribution is 8.03. The van der Waals surface area contributed by atoms with Crippen LogP contribution in [0.5, 0.6) is 11.5 Å². The highest BCUT2D eigenvalue weighted by Crippen LogP contribution is 2.45. The number of dihydropyridines is 1. The van der Waals surface area contributed by atoms with E-state index in [-0.39, 0.29) is 28.9 Å². The first-order valence-corrected chi connectivity index (χ1v) is 12.8. The number of ketones is 1. The van der Waals surface area contributed by atoms with Gasteiger partial charge in [0.1, 0.15) is 0 Å². The predicted octanol–water partition coefficient (Wildman–Crippen LogP) is 5.13. The largest absolute Gasteiger partial charge is 0.504 e. The molecule has 0 bridgehead atoms. The monoisotopic (exact) mass is 503 g/mol. The number of methoxy groups -OCH3 is 1. The molecule has 0 saturated carbocycles. The molecule has 0 saturated heterocycles. The number of phenols is 1. The Labute approximate surface area is 215 Å². The topological polar surface area (TPSA) is 111 Å². The van der Waals surface area contributed by atoms with Crippen LogP contribution < -0.4 is 15.4 Å². The van der Waals surface area contributed by atoms with Gasteiger partial charge in [0.15, 0.2) is 17.3 Å². The summed E-state index contributed by atoms with van der Waals surface area (Å²) in [6.45, 7) is 5.95. The molecule has 2 aromatic carbocycles. The van der Waals surface area contributed by atoms with Crippen molar-refractivity contribution < 1.29 is 19.4 Å². The van der Waals surface area contributed by atoms with Crippen LogP contribution in [0.4, 0.5) is 5.69 Å². The second-order valence-electron chi connectivity index (χ2n) is 9.12. The van der Waals surface area contributed by atoms with Gasteiger partial charge in [-0.15, -0.1) is 0 Å². The number of amides is 1. The smallest absolute Gasteiger partial charge is 0.234 e. The van der Waals surface area contributed by atoms with Crippen molar-refractivity contribution in [1.82, 2.24) is 5.32 Å². The molecule has 1 unspecified atom stereocenters. The number of thioether (sulfide) groups is 1. The quantitative estimate of drug-likeness (QED) is 0.501. The first kappa shape index (κ1) is 25.4. The molecule has 1 aliphatic carbocycles. The van der Waals surface area contributed by atoms with E-state index in [9.17, 15) is 20.0 Å². The van der Waals surface area contributed by atoms with Crippen LogP contribution in [0.2, 0.25) is 0 Å². The van der Waals surface area contributed by atoms with E-state index in [1.807, 2.05) is 32.9 Å². The lowest BCUT2D eigenvalue weighted by Crippen LogP contribution is -2.31. The number of carbonyl (C=O) groups is 2. The molecule has 1 heterocycles. The van der Waals surface area contributed by atoms with Crippen LogP contribution in [0, 0.1) is 32.1 Å². The van der Waals surface area contributed by atoms with E-state index in [2.05, 4.69) is 16.7 Å². The lowest BCUT2D eigenvalue weighted by Gasteiger charge is -2.33. The van der Waals surface area contributed by atoms with Crippen LogP contribution in [0.15, 0.2) is 52.2 Å². The van der Waals surface area contributed by atoms with Crippen molar-refractivity contribution in [3.8, 4) is 17.6 Å². The number of hydrogen-bond donors (Lipinski definition) is 3. The summed E-state index contributed by atoms with van der Waals surface area (Å²) in [5, 5.41) is 27.1. The number of anilines is 1. The summed E-state index contributed by atoms with van der Waals surface area (Å²) in [7, 11) is 1.45. The highest BCUT2D eigenvalue weighted by Gasteiger charge is 2.37. The number of aryl methyl sites for hydroxylation is 3. The molecule has 0 radical (unpaired) electrons. The van der Waals surface area contributed by atoms with Gasteiger partial charge in [0.25, 0.3) is 0 Å². The van der Waals surface area contributed by atoms with Crippen LogP contribution >= 0.6 is 11.8 Å².